The van der Waals surface area contributed by atoms with E-state index in [9.17, 15) is 0 Å². The van der Waals surface area contributed by atoms with Gasteiger partial charge in [0.2, 0.25) is 0 Å². The lowest BCUT2D eigenvalue weighted by molar-refractivity contribution is 0.195. The van der Waals surface area contributed by atoms with E-state index in [-0.39, 0.29) is 44.7 Å². The van der Waals surface area contributed by atoms with Gasteiger partial charge in [0.15, 0.2) is 0 Å². The van der Waals surface area contributed by atoms with E-state index < -0.39 is 0 Å². The molecule has 15 rings (SSSR count). The fourth-order valence-corrected chi connectivity index (χ4v) is 17.2. The van der Waals surface area contributed by atoms with E-state index in [1.165, 1.54) is 159 Å². The van der Waals surface area contributed by atoms with Crippen molar-refractivity contribution in [1.82, 2.24) is 0 Å². The zero-order chi connectivity index (χ0) is 58.6. The number of hydrogen-bond donors (Lipinski definition) is 0. The third-order valence-corrected chi connectivity index (χ3v) is 22.2. The zero-order valence-electron chi connectivity index (χ0n) is 52.5. The molecular formula is C80H82BN3. The van der Waals surface area contributed by atoms with Crippen molar-refractivity contribution >= 4 is 68.6 Å². The molecule has 0 radical (unpaired) electrons. The zero-order valence-corrected chi connectivity index (χ0v) is 52.5. The van der Waals surface area contributed by atoms with Gasteiger partial charge in [0.05, 0.1) is 11.2 Å². The number of nitrogens with zero attached hydrogens (tertiary/aromatic N) is 3. The minimum Gasteiger partial charge on any atom is -0.334 e. The average molecular weight is 1100 g/mol. The highest BCUT2D eigenvalue weighted by Crippen LogP contribution is 2.62. The van der Waals surface area contributed by atoms with Gasteiger partial charge in [-0.25, -0.2) is 0 Å². The monoisotopic (exact) mass is 1100 g/mol. The Morgan fingerprint density at radius 1 is 0.381 bits per heavy atom. The quantitative estimate of drug-likeness (QED) is 0.163. The molecule has 1 fully saturated rings. The standard InChI is InChI=1S/C80H82BN3/c1-49-41-71-73-72(42-49)83(67-37-31-51(74(2,3)4)43-56(67)50-25-17-16-18-26-50)70-48-63-62(77(10,11)60-29-21-22-30-61(60)78(63,12)13)47-66(70)81(73)65-36-34-54(84-68-38-32-52(75(5,6)7)44-64(68)79(14)39-23-24-40-80(79,84)15)46-69(65)82(71)53-33-35-59-57(45-53)55-27-19-20-28-58(55)76(59,8)9/h16-22,25-38,41-48H,23-24,39-40H2,1-15H3. The summed E-state index contributed by atoms with van der Waals surface area (Å²) in [5.41, 5.74) is 32.4. The third-order valence-electron chi connectivity index (χ3n) is 22.2. The van der Waals surface area contributed by atoms with E-state index in [0.717, 1.165) is 6.42 Å². The maximum absolute atomic E-state index is 2.81. The number of hydrogen-bond acceptors (Lipinski definition) is 3. The smallest absolute Gasteiger partial charge is 0.252 e. The first-order valence-corrected chi connectivity index (χ1v) is 31.4. The second-order valence-electron chi connectivity index (χ2n) is 30.2. The first-order valence-electron chi connectivity index (χ1n) is 31.4. The SMILES string of the molecule is Cc1cc2c3c(c1)N(c1ccc(C(C)(C)C)cc1-c1ccccc1)c1cc4c(cc1B3c1ccc(N3c5ccc(C(C)(C)C)cc5C5(C)CCCCC35C)cc1N2c1ccc2c(c1)-c1ccccc1C2(C)C)C(C)(C)c1ccccc1C4(C)C. The van der Waals surface area contributed by atoms with Crippen molar-refractivity contribution in [3.05, 3.63) is 232 Å². The molecule has 2 unspecified atom stereocenters. The summed E-state index contributed by atoms with van der Waals surface area (Å²) in [7, 11) is 0. The van der Waals surface area contributed by atoms with Crippen molar-refractivity contribution in [2.45, 2.75) is 168 Å². The molecule has 9 aromatic carbocycles. The van der Waals surface area contributed by atoms with Gasteiger partial charge in [-0.05, 0) is 187 Å². The van der Waals surface area contributed by atoms with Gasteiger partial charge in [-0.15, -0.1) is 0 Å². The van der Waals surface area contributed by atoms with Crippen LogP contribution in [-0.4, -0.2) is 12.3 Å². The predicted molar refractivity (Wildman–Crippen MR) is 359 cm³/mol. The lowest BCUT2D eigenvalue weighted by Gasteiger charge is -2.51. The minimum atomic E-state index is -0.251. The highest BCUT2D eigenvalue weighted by molar-refractivity contribution is 7.00. The number of fused-ring (bicyclic) bond motifs is 12. The van der Waals surface area contributed by atoms with E-state index in [1.54, 1.807) is 0 Å². The first-order chi connectivity index (χ1) is 39.8. The lowest BCUT2D eigenvalue weighted by atomic mass is 9.33. The van der Waals surface area contributed by atoms with Gasteiger partial charge >= 0.3 is 0 Å². The maximum atomic E-state index is 2.81. The number of anilines is 8. The molecule has 2 atom stereocenters. The topological polar surface area (TPSA) is 9.72 Å². The van der Waals surface area contributed by atoms with Crippen molar-refractivity contribution in [3.63, 3.8) is 0 Å². The molecule has 0 N–H and O–H groups in total. The van der Waals surface area contributed by atoms with E-state index in [2.05, 4.69) is 294 Å². The van der Waals surface area contributed by atoms with Crippen molar-refractivity contribution < 1.29 is 0 Å². The van der Waals surface area contributed by atoms with Crippen molar-refractivity contribution in [1.29, 1.82) is 0 Å². The number of rotatable bonds is 4. The molecule has 0 aromatic heterocycles. The third kappa shape index (κ3) is 7.18. The number of aryl methyl sites for hydroxylation is 1. The molecule has 3 heterocycles. The molecular weight excluding hydrogens is 1010 g/mol. The van der Waals surface area contributed by atoms with Crippen LogP contribution in [0.1, 0.15) is 178 Å². The molecule has 1 saturated carbocycles. The Bertz CT molecular complexity index is 4280. The highest BCUT2D eigenvalue weighted by Gasteiger charge is 2.58. The van der Waals surface area contributed by atoms with Crippen molar-refractivity contribution in [3.8, 4) is 22.3 Å². The van der Waals surface area contributed by atoms with Crippen LogP contribution in [0, 0.1) is 6.92 Å². The summed E-state index contributed by atoms with van der Waals surface area (Å²) in [6.07, 6.45) is 4.80. The maximum Gasteiger partial charge on any atom is 0.252 e. The van der Waals surface area contributed by atoms with E-state index >= 15 is 0 Å². The average Bonchev–Trinajstić information content (AvgIpc) is 0.976. The van der Waals surface area contributed by atoms with Gasteiger partial charge in [0.1, 0.15) is 0 Å². The van der Waals surface area contributed by atoms with Gasteiger partial charge in [0, 0.05) is 67.0 Å². The van der Waals surface area contributed by atoms with Crippen LogP contribution in [0.15, 0.2) is 176 Å². The van der Waals surface area contributed by atoms with Crippen LogP contribution in [0.4, 0.5) is 45.5 Å². The fourth-order valence-electron chi connectivity index (χ4n) is 17.2. The molecule has 4 heteroatoms. The molecule has 0 amide bonds. The Kier molecular flexibility index (Phi) is 11.1. The van der Waals surface area contributed by atoms with E-state index in [0.29, 0.717) is 0 Å². The van der Waals surface area contributed by atoms with Crippen LogP contribution in [0.5, 0.6) is 0 Å². The minimum absolute atomic E-state index is 0.00995. The summed E-state index contributed by atoms with van der Waals surface area (Å²) in [4.78, 5) is 8.21. The summed E-state index contributed by atoms with van der Waals surface area (Å²) in [5, 5.41) is 0. The second kappa shape index (κ2) is 17.5. The molecule has 3 nitrogen and oxygen atoms in total. The van der Waals surface area contributed by atoms with Gasteiger partial charge in [-0.1, -0.05) is 218 Å². The van der Waals surface area contributed by atoms with Gasteiger partial charge < -0.3 is 14.7 Å². The molecule has 0 spiro atoms. The van der Waals surface area contributed by atoms with Crippen LogP contribution in [0.25, 0.3) is 22.3 Å². The Morgan fingerprint density at radius 2 is 0.940 bits per heavy atom. The second-order valence-corrected chi connectivity index (χ2v) is 30.2. The molecule has 84 heavy (non-hydrogen) atoms. The Labute approximate surface area is 501 Å². The molecule has 0 saturated heterocycles. The van der Waals surface area contributed by atoms with Crippen LogP contribution in [-0.2, 0) is 32.5 Å². The summed E-state index contributed by atoms with van der Waals surface area (Å²) < 4.78 is 0. The van der Waals surface area contributed by atoms with Crippen LogP contribution in [0.3, 0.4) is 0 Å². The van der Waals surface area contributed by atoms with Crippen LogP contribution >= 0.6 is 0 Å². The van der Waals surface area contributed by atoms with Gasteiger partial charge in [0.25, 0.3) is 6.71 Å². The summed E-state index contributed by atoms with van der Waals surface area (Å²) in [5.74, 6) is 0. The molecule has 3 aliphatic carbocycles. The molecule has 3 aliphatic heterocycles. The molecule has 420 valence electrons. The predicted octanol–water partition coefficient (Wildman–Crippen LogP) is 19.4. The summed E-state index contributed by atoms with van der Waals surface area (Å²) in [6.45, 7) is 36.3. The van der Waals surface area contributed by atoms with Crippen LogP contribution in [0.2, 0.25) is 0 Å². The Hall–Kier alpha value is -7.56. The largest absolute Gasteiger partial charge is 0.334 e. The number of benzene rings is 9. The van der Waals surface area contributed by atoms with E-state index in [1.807, 2.05) is 0 Å². The van der Waals surface area contributed by atoms with Crippen molar-refractivity contribution in [2.24, 2.45) is 0 Å². The Balaban J connectivity index is 1.05. The molecule has 9 aromatic rings. The molecule has 6 aliphatic rings. The van der Waals surface area contributed by atoms with Gasteiger partial charge in [-0.2, -0.15) is 0 Å². The van der Waals surface area contributed by atoms with Crippen LogP contribution < -0.4 is 31.1 Å². The summed E-state index contributed by atoms with van der Waals surface area (Å²) >= 11 is 0. The normalized spacial score (nSPS) is 20.7. The summed E-state index contributed by atoms with van der Waals surface area (Å²) in [6, 6.07) is 70.0. The molecule has 0 bridgehead atoms. The highest BCUT2D eigenvalue weighted by atomic mass is 15.3. The van der Waals surface area contributed by atoms with E-state index in [4.69, 9.17) is 0 Å². The van der Waals surface area contributed by atoms with Crippen molar-refractivity contribution in [2.75, 3.05) is 14.7 Å². The Morgan fingerprint density at radius 3 is 1.63 bits per heavy atom. The van der Waals surface area contributed by atoms with Gasteiger partial charge in [-0.3, -0.25) is 0 Å². The fraction of sp³-hybridized carbons (Fsp3) is 0.325. The lowest BCUT2D eigenvalue weighted by Crippen LogP contribution is -2.62. The first kappa shape index (κ1) is 53.2.